The van der Waals surface area contributed by atoms with Crippen molar-refractivity contribution < 1.29 is 14.3 Å². The zero-order chi connectivity index (χ0) is 19.5. The molecule has 1 aromatic carbocycles. The van der Waals surface area contributed by atoms with Crippen molar-refractivity contribution in [2.24, 2.45) is 7.05 Å². The van der Waals surface area contributed by atoms with Crippen molar-refractivity contribution in [3.63, 3.8) is 0 Å². The van der Waals surface area contributed by atoms with Crippen molar-refractivity contribution in [3.05, 3.63) is 48.3 Å². The molecular formula is C20H25N5O3. The molecule has 148 valence electrons. The Kier molecular flexibility index (Phi) is 5.29. The zero-order valence-electron chi connectivity index (χ0n) is 16.0. The van der Waals surface area contributed by atoms with Crippen molar-refractivity contribution in [1.82, 2.24) is 19.6 Å². The van der Waals surface area contributed by atoms with Crippen LogP contribution in [0.25, 0.3) is 0 Å². The third-order valence-electron chi connectivity index (χ3n) is 5.38. The number of aryl methyl sites for hydroxylation is 1. The number of rotatable bonds is 3. The minimum Gasteiger partial charge on any atom is -0.368 e. The summed E-state index contributed by atoms with van der Waals surface area (Å²) < 4.78 is 7.26. The average molecular weight is 383 g/mol. The molecule has 0 aliphatic carbocycles. The van der Waals surface area contributed by atoms with Gasteiger partial charge in [-0.2, -0.15) is 5.10 Å². The number of carbonyl (C=O) groups is 2. The number of ether oxygens (including phenoxy) is 1. The maximum atomic E-state index is 12.9. The molecule has 0 radical (unpaired) electrons. The lowest BCUT2D eigenvalue weighted by Crippen LogP contribution is -2.56. The average Bonchev–Trinajstić information content (AvgIpc) is 3.19. The molecule has 0 bridgehead atoms. The highest BCUT2D eigenvalue weighted by Crippen LogP contribution is 2.18. The summed E-state index contributed by atoms with van der Waals surface area (Å²) in [5, 5.41) is 4.05. The molecule has 1 unspecified atom stereocenters. The number of benzene rings is 1. The van der Waals surface area contributed by atoms with Gasteiger partial charge in [-0.05, 0) is 18.2 Å². The fraction of sp³-hybridized carbons (Fsp3) is 0.450. The van der Waals surface area contributed by atoms with E-state index >= 15 is 0 Å². The SMILES string of the molecule is Cn1nccc1C(=O)N1CCOC(C(=O)N2CCN(c3ccccc3)CC2)C1. The van der Waals surface area contributed by atoms with E-state index < -0.39 is 6.10 Å². The molecule has 8 nitrogen and oxygen atoms in total. The zero-order valence-corrected chi connectivity index (χ0v) is 16.0. The van der Waals surface area contributed by atoms with Crippen LogP contribution in [0.4, 0.5) is 5.69 Å². The number of carbonyl (C=O) groups excluding carboxylic acids is 2. The second-order valence-electron chi connectivity index (χ2n) is 7.10. The third kappa shape index (κ3) is 3.73. The fourth-order valence-corrected chi connectivity index (χ4v) is 3.76. The maximum absolute atomic E-state index is 12.9. The Morgan fingerprint density at radius 1 is 1.00 bits per heavy atom. The van der Waals surface area contributed by atoms with Crippen molar-refractivity contribution in [1.29, 1.82) is 0 Å². The van der Waals surface area contributed by atoms with Gasteiger partial charge in [-0.1, -0.05) is 18.2 Å². The minimum atomic E-state index is -0.603. The number of hydrogen-bond donors (Lipinski definition) is 0. The lowest BCUT2D eigenvalue weighted by atomic mass is 10.2. The van der Waals surface area contributed by atoms with Crippen LogP contribution in [0.5, 0.6) is 0 Å². The van der Waals surface area contributed by atoms with Crippen molar-refractivity contribution in [2.75, 3.05) is 50.8 Å². The molecule has 2 aliphatic rings. The first-order valence-corrected chi connectivity index (χ1v) is 9.61. The van der Waals surface area contributed by atoms with E-state index in [1.165, 1.54) is 5.69 Å². The van der Waals surface area contributed by atoms with Crippen LogP contribution in [0.3, 0.4) is 0 Å². The molecule has 3 heterocycles. The first-order valence-electron chi connectivity index (χ1n) is 9.61. The highest BCUT2D eigenvalue weighted by atomic mass is 16.5. The van der Waals surface area contributed by atoms with Crippen LogP contribution in [0, 0.1) is 0 Å². The predicted octanol–water partition coefficient (Wildman–Crippen LogP) is 0.610. The van der Waals surface area contributed by atoms with Gasteiger partial charge in [-0.3, -0.25) is 14.3 Å². The van der Waals surface area contributed by atoms with Crippen LogP contribution in [0.1, 0.15) is 10.5 Å². The first-order chi connectivity index (χ1) is 13.6. The van der Waals surface area contributed by atoms with E-state index in [9.17, 15) is 9.59 Å². The van der Waals surface area contributed by atoms with E-state index in [0.717, 1.165) is 13.1 Å². The van der Waals surface area contributed by atoms with Gasteiger partial charge >= 0.3 is 0 Å². The summed E-state index contributed by atoms with van der Waals surface area (Å²) in [6.45, 7) is 4.02. The number of para-hydroxylation sites is 1. The quantitative estimate of drug-likeness (QED) is 0.777. The minimum absolute atomic E-state index is 0.0322. The Morgan fingerprint density at radius 2 is 1.75 bits per heavy atom. The number of anilines is 1. The summed E-state index contributed by atoms with van der Waals surface area (Å²) in [5.74, 6) is -0.148. The van der Waals surface area contributed by atoms with E-state index in [-0.39, 0.29) is 18.4 Å². The van der Waals surface area contributed by atoms with Crippen LogP contribution in [0.2, 0.25) is 0 Å². The number of piperazine rings is 1. The topological polar surface area (TPSA) is 70.9 Å². The fourth-order valence-electron chi connectivity index (χ4n) is 3.76. The monoisotopic (exact) mass is 383 g/mol. The first kappa shape index (κ1) is 18.5. The van der Waals surface area contributed by atoms with Crippen molar-refractivity contribution >= 4 is 17.5 Å². The van der Waals surface area contributed by atoms with Crippen molar-refractivity contribution in [2.45, 2.75) is 6.10 Å². The Morgan fingerprint density at radius 3 is 2.43 bits per heavy atom. The third-order valence-corrected chi connectivity index (χ3v) is 5.38. The second-order valence-corrected chi connectivity index (χ2v) is 7.10. The van der Waals surface area contributed by atoms with Gasteiger partial charge in [0.2, 0.25) is 0 Å². The number of amides is 2. The maximum Gasteiger partial charge on any atom is 0.272 e. The van der Waals surface area contributed by atoms with E-state index in [0.29, 0.717) is 31.9 Å². The van der Waals surface area contributed by atoms with Gasteiger partial charge in [-0.15, -0.1) is 0 Å². The molecule has 2 aromatic rings. The van der Waals surface area contributed by atoms with Crippen LogP contribution in [0.15, 0.2) is 42.6 Å². The molecule has 2 amide bonds. The summed E-state index contributed by atoms with van der Waals surface area (Å²) in [6, 6.07) is 11.9. The van der Waals surface area contributed by atoms with E-state index in [1.54, 1.807) is 28.9 Å². The molecule has 8 heteroatoms. The Hall–Kier alpha value is -2.87. The highest BCUT2D eigenvalue weighted by molar-refractivity contribution is 5.93. The molecular weight excluding hydrogens is 358 g/mol. The number of morpholine rings is 1. The molecule has 0 spiro atoms. The van der Waals surface area contributed by atoms with E-state index in [1.807, 2.05) is 23.1 Å². The van der Waals surface area contributed by atoms with Crippen LogP contribution >= 0.6 is 0 Å². The van der Waals surface area contributed by atoms with Gasteiger partial charge in [0, 0.05) is 51.7 Å². The summed E-state index contributed by atoms with van der Waals surface area (Å²) in [6.07, 6.45) is 0.997. The van der Waals surface area contributed by atoms with Crippen LogP contribution in [-0.2, 0) is 16.6 Å². The largest absolute Gasteiger partial charge is 0.368 e. The van der Waals surface area contributed by atoms with Gasteiger partial charge in [0.05, 0.1) is 13.2 Å². The van der Waals surface area contributed by atoms with Crippen LogP contribution in [-0.4, -0.2) is 83.4 Å². The molecule has 1 atom stereocenters. The Labute approximate surface area is 164 Å². The Balaban J connectivity index is 1.35. The van der Waals surface area contributed by atoms with Crippen molar-refractivity contribution in [3.8, 4) is 0 Å². The molecule has 0 N–H and O–H groups in total. The molecule has 2 aliphatic heterocycles. The number of hydrogen-bond acceptors (Lipinski definition) is 5. The second kappa shape index (κ2) is 8.02. The summed E-state index contributed by atoms with van der Waals surface area (Å²) >= 11 is 0. The van der Waals surface area contributed by atoms with Gasteiger partial charge < -0.3 is 19.4 Å². The highest BCUT2D eigenvalue weighted by Gasteiger charge is 2.34. The molecule has 0 saturated carbocycles. The normalized spacial score (nSPS) is 20.3. The smallest absolute Gasteiger partial charge is 0.272 e. The van der Waals surface area contributed by atoms with E-state index in [2.05, 4.69) is 22.1 Å². The molecule has 28 heavy (non-hydrogen) atoms. The molecule has 4 rings (SSSR count). The molecule has 2 fully saturated rings. The molecule has 2 saturated heterocycles. The number of aromatic nitrogens is 2. The standard InChI is InChI=1S/C20H25N5O3/c1-22-17(7-8-21-22)19(26)25-13-14-28-18(15-25)20(27)24-11-9-23(10-12-24)16-5-3-2-4-6-16/h2-8,18H,9-15H2,1H3. The summed E-state index contributed by atoms with van der Waals surface area (Å²) in [7, 11) is 1.74. The lowest BCUT2D eigenvalue weighted by molar-refractivity contribution is -0.148. The molecule has 1 aromatic heterocycles. The summed E-state index contributed by atoms with van der Waals surface area (Å²) in [5.41, 5.74) is 1.70. The van der Waals surface area contributed by atoms with E-state index in [4.69, 9.17) is 4.74 Å². The number of nitrogens with zero attached hydrogens (tertiary/aromatic N) is 5. The Bertz CT molecular complexity index is 829. The van der Waals surface area contributed by atoms with Gasteiger partial charge in [0.1, 0.15) is 5.69 Å². The lowest BCUT2D eigenvalue weighted by Gasteiger charge is -2.39. The summed E-state index contributed by atoms with van der Waals surface area (Å²) in [4.78, 5) is 31.5. The van der Waals surface area contributed by atoms with Gasteiger partial charge in [-0.25, -0.2) is 0 Å². The van der Waals surface area contributed by atoms with Gasteiger partial charge in [0.15, 0.2) is 6.10 Å². The van der Waals surface area contributed by atoms with Crippen LogP contribution < -0.4 is 4.90 Å². The predicted molar refractivity (Wildman–Crippen MR) is 104 cm³/mol. The van der Waals surface area contributed by atoms with Gasteiger partial charge in [0.25, 0.3) is 11.8 Å².